The average molecular weight is 545 g/mol. The minimum atomic E-state index is -2.17. The molecule has 3 saturated carbocycles. The van der Waals surface area contributed by atoms with E-state index in [1.807, 2.05) is 13.8 Å². The molecule has 5 bridgehead atoms. The molecule has 8 fully saturated rings. The monoisotopic (exact) mass is 544 g/mol. The number of methoxy groups -OCH3 is 1. The summed E-state index contributed by atoms with van der Waals surface area (Å²) in [5, 5.41) is 12.5. The van der Waals surface area contributed by atoms with Gasteiger partial charge in [0.05, 0.1) is 24.5 Å². The van der Waals surface area contributed by atoms with E-state index >= 15 is 0 Å². The second kappa shape index (κ2) is 6.94. The standard InChI is InChI=1S/C29H36O10/c1-24-11-19-26(3)29-20(24)21(31)28(39-29,36-12-17(24)22(32)37-19)16-6-5-13-9-14(35-4)10-18(30)25(13,2)15(16)7-8-27(29,34)23(33)38-26/h13-17,19-20,34H,5-12H2,1-4H3/t13-,14-,15-,16+,17-,19+,20?,24+,25-,26-,27+,28+,29-/m0/s1. The molecule has 1 unspecified atom stereocenters. The molecule has 0 radical (unpaired) electrons. The predicted octanol–water partition coefficient (Wildman–Crippen LogP) is 1.49. The minimum Gasteiger partial charge on any atom is -0.458 e. The number of esters is 2. The van der Waals surface area contributed by atoms with Crippen LogP contribution in [0.2, 0.25) is 0 Å². The molecule has 5 saturated heterocycles. The smallest absolute Gasteiger partial charge is 0.342 e. The van der Waals surface area contributed by atoms with Crippen LogP contribution in [0.5, 0.6) is 0 Å². The highest BCUT2D eigenvalue weighted by molar-refractivity contribution is 5.99. The van der Waals surface area contributed by atoms with Gasteiger partial charge in [0.2, 0.25) is 5.79 Å². The van der Waals surface area contributed by atoms with E-state index in [0.29, 0.717) is 25.7 Å². The van der Waals surface area contributed by atoms with Gasteiger partial charge in [0.1, 0.15) is 11.9 Å². The van der Waals surface area contributed by atoms with Crippen molar-refractivity contribution in [3.8, 4) is 0 Å². The third kappa shape index (κ3) is 2.30. The Morgan fingerprint density at radius 1 is 1.03 bits per heavy atom. The zero-order chi connectivity index (χ0) is 27.5. The van der Waals surface area contributed by atoms with Gasteiger partial charge in [0.25, 0.3) is 0 Å². The fourth-order valence-electron chi connectivity index (χ4n) is 11.1. The van der Waals surface area contributed by atoms with Crippen molar-refractivity contribution in [2.45, 2.75) is 101 Å². The zero-order valence-electron chi connectivity index (χ0n) is 22.8. The van der Waals surface area contributed by atoms with E-state index in [2.05, 4.69) is 0 Å². The van der Waals surface area contributed by atoms with Crippen LogP contribution >= 0.6 is 0 Å². The number of ether oxygens (including phenoxy) is 5. The molecule has 212 valence electrons. The number of fused-ring (bicyclic) bond motifs is 5. The van der Waals surface area contributed by atoms with Crippen molar-refractivity contribution in [2.24, 2.45) is 40.4 Å². The van der Waals surface area contributed by atoms with E-state index in [1.54, 1.807) is 14.0 Å². The summed E-state index contributed by atoms with van der Waals surface area (Å²) in [5.41, 5.74) is -7.26. The van der Waals surface area contributed by atoms with Crippen molar-refractivity contribution in [1.29, 1.82) is 0 Å². The van der Waals surface area contributed by atoms with Gasteiger partial charge in [-0.1, -0.05) is 13.8 Å². The molecule has 3 aliphatic carbocycles. The Morgan fingerprint density at radius 3 is 2.54 bits per heavy atom. The maximum atomic E-state index is 14.9. The highest BCUT2D eigenvalue weighted by Gasteiger charge is 2.93. The molecule has 5 aliphatic heterocycles. The summed E-state index contributed by atoms with van der Waals surface area (Å²) >= 11 is 0. The fraction of sp³-hybridized carbons (Fsp3) is 0.862. The van der Waals surface area contributed by atoms with E-state index < -0.39 is 69.2 Å². The highest BCUT2D eigenvalue weighted by atomic mass is 16.8. The number of hydrogen-bond acceptors (Lipinski definition) is 10. The highest BCUT2D eigenvalue weighted by Crippen LogP contribution is 2.75. The van der Waals surface area contributed by atoms with Gasteiger partial charge in [-0.05, 0) is 62.7 Å². The van der Waals surface area contributed by atoms with Crippen LogP contribution in [0.3, 0.4) is 0 Å². The molecule has 1 N–H and O–H groups in total. The molecule has 0 aromatic carbocycles. The van der Waals surface area contributed by atoms with Crippen LogP contribution in [-0.2, 0) is 42.9 Å². The van der Waals surface area contributed by atoms with E-state index in [9.17, 15) is 24.3 Å². The summed E-state index contributed by atoms with van der Waals surface area (Å²) in [5.74, 6) is -5.99. The van der Waals surface area contributed by atoms with Crippen LogP contribution in [0.25, 0.3) is 0 Å². The van der Waals surface area contributed by atoms with Crippen LogP contribution in [-0.4, -0.2) is 77.1 Å². The van der Waals surface area contributed by atoms with E-state index in [1.165, 1.54) is 0 Å². The van der Waals surface area contributed by atoms with Gasteiger partial charge in [0.15, 0.2) is 22.6 Å². The zero-order valence-corrected chi connectivity index (χ0v) is 22.8. The fourth-order valence-corrected chi connectivity index (χ4v) is 11.1. The molecule has 10 heteroatoms. The maximum absolute atomic E-state index is 14.9. The quantitative estimate of drug-likeness (QED) is 0.484. The van der Waals surface area contributed by atoms with Gasteiger partial charge in [-0.25, -0.2) is 4.79 Å². The largest absolute Gasteiger partial charge is 0.458 e. The lowest BCUT2D eigenvalue weighted by atomic mass is 9.46. The van der Waals surface area contributed by atoms with Gasteiger partial charge < -0.3 is 28.8 Å². The molecule has 0 amide bonds. The van der Waals surface area contributed by atoms with Crippen molar-refractivity contribution in [1.82, 2.24) is 0 Å². The van der Waals surface area contributed by atoms with E-state index in [-0.39, 0.29) is 49.0 Å². The molecule has 10 nitrogen and oxygen atoms in total. The summed E-state index contributed by atoms with van der Waals surface area (Å²) in [6.07, 6.45) is 1.89. The van der Waals surface area contributed by atoms with Crippen LogP contribution in [0.1, 0.15) is 65.7 Å². The lowest BCUT2D eigenvalue weighted by Gasteiger charge is -2.63. The average Bonchev–Trinajstić information content (AvgIpc) is 3.21. The Labute approximate surface area is 226 Å². The Bertz CT molecular complexity index is 1250. The maximum Gasteiger partial charge on any atom is 0.342 e. The molecule has 2 spiro atoms. The molecular formula is C29H36O10. The Balaban J connectivity index is 1.37. The first-order valence-corrected chi connectivity index (χ1v) is 14.4. The summed E-state index contributed by atoms with van der Waals surface area (Å²) in [6.45, 7) is 5.42. The number of hydrogen-bond donors (Lipinski definition) is 1. The van der Waals surface area contributed by atoms with Gasteiger partial charge in [-0.15, -0.1) is 0 Å². The number of rotatable bonds is 1. The Kier molecular flexibility index (Phi) is 4.43. The normalized spacial score (nSPS) is 60.5. The second-order valence-electron chi connectivity index (χ2n) is 14.2. The third-order valence-electron chi connectivity index (χ3n) is 13.2. The predicted molar refractivity (Wildman–Crippen MR) is 129 cm³/mol. The molecule has 8 aliphatic rings. The van der Waals surface area contributed by atoms with Gasteiger partial charge in [-0.3, -0.25) is 14.4 Å². The number of carbonyl (C=O) groups excluding carboxylic acids is 4. The van der Waals surface area contributed by atoms with Gasteiger partial charge in [-0.2, -0.15) is 0 Å². The molecule has 0 aromatic heterocycles. The SMILES string of the molecule is CO[C@@H]1CC(=O)[C@@]2(C)[C@@H](CC[C@@H]3[C@@H]2CC[C@@]2(O)C(=O)O[C@@]4(C)[C@H]5C[C@@]6(C)C7C(=O)[C@]3(OC[C@H]6C(=O)O5)O[C@]724)C1. The Hall–Kier alpha value is -1.88. The molecular weight excluding hydrogens is 508 g/mol. The Morgan fingerprint density at radius 2 is 1.79 bits per heavy atom. The first kappa shape index (κ1) is 24.9. The number of aliphatic hydroxyl groups is 1. The van der Waals surface area contributed by atoms with Crippen molar-refractivity contribution in [3.05, 3.63) is 0 Å². The molecule has 39 heavy (non-hydrogen) atoms. The lowest BCUT2D eigenvalue weighted by Crippen LogP contribution is -2.79. The summed E-state index contributed by atoms with van der Waals surface area (Å²) in [4.78, 5) is 55.9. The summed E-state index contributed by atoms with van der Waals surface area (Å²) in [6, 6.07) is 0. The molecule has 8 rings (SSSR count). The molecule has 13 atom stereocenters. The van der Waals surface area contributed by atoms with Crippen LogP contribution in [0.4, 0.5) is 0 Å². The topological polar surface area (TPSA) is 135 Å². The summed E-state index contributed by atoms with van der Waals surface area (Å²) < 4.78 is 30.9. The lowest BCUT2D eigenvalue weighted by molar-refractivity contribution is -0.377. The third-order valence-corrected chi connectivity index (χ3v) is 13.2. The van der Waals surface area contributed by atoms with Gasteiger partial charge in [0, 0.05) is 24.9 Å². The first-order chi connectivity index (χ1) is 18.3. The van der Waals surface area contributed by atoms with E-state index in [4.69, 9.17) is 23.7 Å². The summed E-state index contributed by atoms with van der Waals surface area (Å²) in [7, 11) is 1.63. The number of Topliss-reactive ketones (excluding diaryl/α,β-unsaturated/α-hetero) is 2. The van der Waals surface area contributed by atoms with Gasteiger partial charge >= 0.3 is 11.9 Å². The van der Waals surface area contributed by atoms with Crippen LogP contribution < -0.4 is 0 Å². The first-order valence-electron chi connectivity index (χ1n) is 14.4. The molecule has 0 aromatic rings. The van der Waals surface area contributed by atoms with Crippen molar-refractivity contribution < 1.29 is 48.0 Å². The second-order valence-corrected chi connectivity index (χ2v) is 14.2. The van der Waals surface area contributed by atoms with Crippen molar-refractivity contribution >= 4 is 23.5 Å². The van der Waals surface area contributed by atoms with Crippen molar-refractivity contribution in [3.63, 3.8) is 0 Å². The van der Waals surface area contributed by atoms with E-state index in [0.717, 1.165) is 6.42 Å². The van der Waals surface area contributed by atoms with Crippen molar-refractivity contribution in [2.75, 3.05) is 13.7 Å². The minimum absolute atomic E-state index is 0.0207. The number of ketones is 2. The molecule has 5 heterocycles. The van der Waals surface area contributed by atoms with Crippen LogP contribution in [0, 0.1) is 40.4 Å². The number of carbonyl (C=O) groups is 4. The van der Waals surface area contributed by atoms with Crippen LogP contribution in [0.15, 0.2) is 0 Å².